The number of hydrogen-bond donors (Lipinski definition) is 1. The Balaban J connectivity index is 2.13. The number of rotatable bonds is 3. The molecular weight excluding hydrogens is 194 g/mol. The third kappa shape index (κ3) is 2.15. The lowest BCUT2D eigenvalue weighted by Gasteiger charge is -2.15. The molecule has 0 aliphatic carbocycles. The van der Waals surface area contributed by atoms with Crippen molar-refractivity contribution in [2.75, 3.05) is 26.1 Å². The second kappa shape index (κ2) is 4.40. The molecule has 1 heterocycles. The molecule has 1 atom stereocenters. The maximum atomic E-state index is 5.88. The summed E-state index contributed by atoms with van der Waals surface area (Å²) in [7, 11) is 1.59. The van der Waals surface area contributed by atoms with Crippen LogP contribution >= 0.6 is 0 Å². The van der Waals surface area contributed by atoms with Gasteiger partial charge in [0, 0.05) is 6.42 Å². The molecule has 4 nitrogen and oxygen atoms in total. The molecule has 0 radical (unpaired) electrons. The Bertz CT molecular complexity index is 335. The fraction of sp³-hybridized carbons (Fsp3) is 0.455. The Labute approximate surface area is 88.9 Å². The Kier molecular flexibility index (Phi) is 2.97. The molecule has 4 heteroatoms. The van der Waals surface area contributed by atoms with Gasteiger partial charge in [0.2, 0.25) is 0 Å². The quantitative estimate of drug-likeness (QED) is 0.765. The van der Waals surface area contributed by atoms with Gasteiger partial charge in [0.15, 0.2) is 0 Å². The summed E-state index contributed by atoms with van der Waals surface area (Å²) in [6.07, 6.45) is 1.02. The van der Waals surface area contributed by atoms with Crippen molar-refractivity contribution in [2.45, 2.75) is 12.5 Å². The highest BCUT2D eigenvalue weighted by atomic mass is 16.5. The standard InChI is InChI=1S/C11H15NO3/c1-13-9-3-2-4-10(11(9)12)15-8-5-6-14-7-8/h2-4,8H,5-7,12H2,1H3/t8-/m0/s1. The molecule has 0 saturated carbocycles. The van der Waals surface area contributed by atoms with Crippen molar-refractivity contribution >= 4 is 5.69 Å². The fourth-order valence-corrected chi connectivity index (χ4v) is 1.59. The van der Waals surface area contributed by atoms with E-state index in [1.54, 1.807) is 7.11 Å². The van der Waals surface area contributed by atoms with E-state index in [0.29, 0.717) is 23.8 Å². The lowest BCUT2D eigenvalue weighted by Crippen LogP contribution is -2.16. The first kappa shape index (κ1) is 10.1. The van der Waals surface area contributed by atoms with Crippen LogP contribution < -0.4 is 15.2 Å². The molecule has 2 N–H and O–H groups in total. The molecule has 2 rings (SSSR count). The summed E-state index contributed by atoms with van der Waals surface area (Å²) in [5, 5.41) is 0. The molecule has 1 aromatic rings. The maximum Gasteiger partial charge on any atom is 0.146 e. The second-order valence-corrected chi connectivity index (χ2v) is 3.48. The smallest absolute Gasteiger partial charge is 0.146 e. The van der Waals surface area contributed by atoms with Gasteiger partial charge in [-0.1, -0.05) is 6.07 Å². The van der Waals surface area contributed by atoms with Crippen LogP contribution in [0.2, 0.25) is 0 Å². The van der Waals surface area contributed by atoms with E-state index in [-0.39, 0.29) is 6.10 Å². The SMILES string of the molecule is COc1cccc(O[C@H]2CCOC2)c1N. The topological polar surface area (TPSA) is 53.7 Å². The molecule has 0 unspecified atom stereocenters. The Morgan fingerprint density at radius 1 is 1.40 bits per heavy atom. The maximum absolute atomic E-state index is 5.88. The summed E-state index contributed by atoms with van der Waals surface area (Å²) in [4.78, 5) is 0. The number of hydrogen-bond acceptors (Lipinski definition) is 4. The van der Waals surface area contributed by atoms with Crippen molar-refractivity contribution in [3.63, 3.8) is 0 Å². The minimum absolute atomic E-state index is 0.111. The van der Waals surface area contributed by atoms with Crippen molar-refractivity contribution in [2.24, 2.45) is 0 Å². The summed E-state index contributed by atoms with van der Waals surface area (Å²) in [6, 6.07) is 5.52. The summed E-state index contributed by atoms with van der Waals surface area (Å²) in [6.45, 7) is 1.39. The van der Waals surface area contributed by atoms with Crippen LogP contribution in [0.15, 0.2) is 18.2 Å². The van der Waals surface area contributed by atoms with E-state index in [2.05, 4.69) is 0 Å². The number of ether oxygens (including phenoxy) is 3. The molecule has 1 aliphatic heterocycles. The van der Waals surface area contributed by atoms with Crippen molar-refractivity contribution in [3.8, 4) is 11.5 Å². The van der Waals surface area contributed by atoms with Crippen LogP contribution in [0.1, 0.15) is 6.42 Å². The van der Waals surface area contributed by atoms with Gasteiger partial charge >= 0.3 is 0 Å². The second-order valence-electron chi connectivity index (χ2n) is 3.48. The predicted octanol–water partition coefficient (Wildman–Crippen LogP) is 1.45. The van der Waals surface area contributed by atoms with Crippen molar-refractivity contribution in [1.82, 2.24) is 0 Å². The van der Waals surface area contributed by atoms with Gasteiger partial charge in [0.05, 0.1) is 20.3 Å². The highest BCUT2D eigenvalue weighted by molar-refractivity contribution is 5.62. The molecule has 0 bridgehead atoms. The van der Waals surface area contributed by atoms with Gasteiger partial charge in [-0.2, -0.15) is 0 Å². The van der Waals surface area contributed by atoms with Crippen LogP contribution in [-0.4, -0.2) is 26.4 Å². The van der Waals surface area contributed by atoms with E-state index in [1.165, 1.54) is 0 Å². The van der Waals surface area contributed by atoms with E-state index in [4.69, 9.17) is 19.9 Å². The van der Waals surface area contributed by atoms with Crippen molar-refractivity contribution in [3.05, 3.63) is 18.2 Å². The Hall–Kier alpha value is -1.42. The summed E-state index contributed by atoms with van der Waals surface area (Å²) in [5.74, 6) is 1.32. The average molecular weight is 209 g/mol. The third-order valence-corrected chi connectivity index (χ3v) is 2.43. The van der Waals surface area contributed by atoms with E-state index in [0.717, 1.165) is 13.0 Å². The first-order chi connectivity index (χ1) is 7.31. The van der Waals surface area contributed by atoms with Crippen LogP contribution in [0, 0.1) is 0 Å². The zero-order chi connectivity index (χ0) is 10.7. The zero-order valence-corrected chi connectivity index (χ0v) is 8.73. The van der Waals surface area contributed by atoms with Crippen LogP contribution in [0.4, 0.5) is 5.69 Å². The largest absolute Gasteiger partial charge is 0.494 e. The van der Waals surface area contributed by atoms with Gasteiger partial charge in [0.25, 0.3) is 0 Å². The number of anilines is 1. The summed E-state index contributed by atoms with van der Waals surface area (Å²) >= 11 is 0. The molecular formula is C11H15NO3. The minimum Gasteiger partial charge on any atom is -0.494 e. The van der Waals surface area contributed by atoms with Crippen LogP contribution in [0.3, 0.4) is 0 Å². The number of para-hydroxylation sites is 1. The van der Waals surface area contributed by atoms with Gasteiger partial charge in [-0.15, -0.1) is 0 Å². The van der Waals surface area contributed by atoms with Crippen LogP contribution in [0.25, 0.3) is 0 Å². The van der Waals surface area contributed by atoms with E-state index in [9.17, 15) is 0 Å². The molecule has 1 aromatic carbocycles. The highest BCUT2D eigenvalue weighted by Crippen LogP contribution is 2.32. The molecule has 1 saturated heterocycles. The molecule has 0 aromatic heterocycles. The van der Waals surface area contributed by atoms with Crippen molar-refractivity contribution < 1.29 is 14.2 Å². The average Bonchev–Trinajstić information content (AvgIpc) is 2.74. The van der Waals surface area contributed by atoms with Crippen LogP contribution in [-0.2, 0) is 4.74 Å². The van der Waals surface area contributed by atoms with Gasteiger partial charge in [-0.05, 0) is 12.1 Å². The van der Waals surface area contributed by atoms with Gasteiger partial charge in [0.1, 0.15) is 23.3 Å². The lowest BCUT2D eigenvalue weighted by atomic mass is 10.2. The molecule has 1 aliphatic rings. The van der Waals surface area contributed by atoms with E-state index >= 15 is 0 Å². The highest BCUT2D eigenvalue weighted by Gasteiger charge is 2.18. The minimum atomic E-state index is 0.111. The molecule has 1 fully saturated rings. The van der Waals surface area contributed by atoms with E-state index in [1.807, 2.05) is 18.2 Å². The first-order valence-electron chi connectivity index (χ1n) is 4.98. The summed E-state index contributed by atoms with van der Waals surface area (Å²) in [5.41, 5.74) is 6.43. The third-order valence-electron chi connectivity index (χ3n) is 2.43. The molecule has 0 amide bonds. The van der Waals surface area contributed by atoms with Gasteiger partial charge in [-0.25, -0.2) is 0 Å². The van der Waals surface area contributed by atoms with Crippen LogP contribution in [0.5, 0.6) is 11.5 Å². The van der Waals surface area contributed by atoms with E-state index < -0.39 is 0 Å². The number of methoxy groups -OCH3 is 1. The normalized spacial score (nSPS) is 20.2. The number of nitrogen functional groups attached to an aromatic ring is 1. The fourth-order valence-electron chi connectivity index (χ4n) is 1.59. The first-order valence-corrected chi connectivity index (χ1v) is 4.98. The number of nitrogens with two attached hydrogens (primary N) is 1. The number of benzene rings is 1. The lowest BCUT2D eigenvalue weighted by molar-refractivity contribution is 0.141. The van der Waals surface area contributed by atoms with Crippen molar-refractivity contribution in [1.29, 1.82) is 0 Å². The predicted molar refractivity (Wildman–Crippen MR) is 57.3 cm³/mol. The molecule has 0 spiro atoms. The Morgan fingerprint density at radius 3 is 2.87 bits per heavy atom. The Morgan fingerprint density at radius 2 is 2.20 bits per heavy atom. The molecule has 82 valence electrons. The summed E-state index contributed by atoms with van der Waals surface area (Å²) < 4.78 is 16.1. The van der Waals surface area contributed by atoms with Gasteiger partial charge < -0.3 is 19.9 Å². The monoisotopic (exact) mass is 209 g/mol. The van der Waals surface area contributed by atoms with Gasteiger partial charge in [-0.3, -0.25) is 0 Å². The molecule has 15 heavy (non-hydrogen) atoms. The zero-order valence-electron chi connectivity index (χ0n) is 8.73.